The SMILES string of the molecule is CCN1C(=O)N(CC)C2SC(N/N=C/c3ccc(F)cc3)=NC21. The van der Waals surface area contributed by atoms with E-state index in [2.05, 4.69) is 15.5 Å². The maximum Gasteiger partial charge on any atom is 0.322 e. The van der Waals surface area contributed by atoms with E-state index in [4.69, 9.17) is 0 Å². The van der Waals surface area contributed by atoms with Crippen molar-refractivity contribution in [2.45, 2.75) is 25.4 Å². The van der Waals surface area contributed by atoms with E-state index in [1.165, 1.54) is 23.9 Å². The third-order valence-electron chi connectivity index (χ3n) is 3.78. The van der Waals surface area contributed by atoms with Crippen LogP contribution in [0.1, 0.15) is 19.4 Å². The molecule has 1 N–H and O–H groups in total. The van der Waals surface area contributed by atoms with E-state index in [0.29, 0.717) is 18.3 Å². The van der Waals surface area contributed by atoms with Gasteiger partial charge < -0.3 is 4.90 Å². The number of carbonyl (C=O) groups excluding carboxylic acids is 1. The molecule has 0 aromatic heterocycles. The number of rotatable bonds is 4. The molecule has 0 radical (unpaired) electrons. The van der Waals surface area contributed by atoms with Gasteiger partial charge in [-0.05, 0) is 31.5 Å². The Bertz CT molecular complexity index is 648. The van der Waals surface area contributed by atoms with Crippen LogP contribution in [0.4, 0.5) is 9.18 Å². The number of hydrogen-bond donors (Lipinski definition) is 1. The number of hydrazone groups is 1. The van der Waals surface area contributed by atoms with Gasteiger partial charge in [-0.25, -0.2) is 14.2 Å². The van der Waals surface area contributed by atoms with E-state index >= 15 is 0 Å². The zero-order valence-corrected chi connectivity index (χ0v) is 13.8. The van der Waals surface area contributed by atoms with Gasteiger partial charge in [-0.3, -0.25) is 10.3 Å². The van der Waals surface area contributed by atoms with Crippen molar-refractivity contribution in [2.24, 2.45) is 10.1 Å². The smallest absolute Gasteiger partial charge is 0.308 e. The minimum atomic E-state index is -0.275. The predicted molar refractivity (Wildman–Crippen MR) is 89.9 cm³/mol. The summed E-state index contributed by atoms with van der Waals surface area (Å²) in [6.45, 7) is 5.21. The summed E-state index contributed by atoms with van der Waals surface area (Å²) in [5.74, 6) is -0.275. The highest BCUT2D eigenvalue weighted by Crippen LogP contribution is 2.36. The fourth-order valence-electron chi connectivity index (χ4n) is 2.63. The summed E-state index contributed by atoms with van der Waals surface area (Å²) >= 11 is 1.50. The molecule has 0 spiro atoms. The molecule has 6 nitrogen and oxygen atoms in total. The van der Waals surface area contributed by atoms with E-state index in [-0.39, 0.29) is 23.4 Å². The number of amides is 2. The summed E-state index contributed by atoms with van der Waals surface area (Å²) in [6.07, 6.45) is 1.44. The van der Waals surface area contributed by atoms with Crippen LogP contribution in [-0.4, -0.2) is 51.8 Å². The van der Waals surface area contributed by atoms with Gasteiger partial charge in [0.1, 0.15) is 11.2 Å². The second kappa shape index (κ2) is 6.57. The van der Waals surface area contributed by atoms with Crippen LogP contribution in [0.2, 0.25) is 0 Å². The first-order chi connectivity index (χ1) is 11.1. The van der Waals surface area contributed by atoms with Crippen molar-refractivity contribution in [1.29, 1.82) is 0 Å². The number of fused-ring (bicyclic) bond motifs is 1. The lowest BCUT2D eigenvalue weighted by molar-refractivity contribution is 0.190. The Morgan fingerprint density at radius 2 is 2.00 bits per heavy atom. The first-order valence-corrected chi connectivity index (χ1v) is 8.38. The van der Waals surface area contributed by atoms with Gasteiger partial charge in [0.15, 0.2) is 11.3 Å². The number of nitrogens with zero attached hydrogens (tertiary/aromatic N) is 4. The summed E-state index contributed by atoms with van der Waals surface area (Å²) in [4.78, 5) is 20.3. The average molecular weight is 335 g/mol. The van der Waals surface area contributed by atoms with E-state index in [1.807, 2.05) is 18.7 Å². The first kappa shape index (κ1) is 15.8. The number of aliphatic imine (C=N–C) groups is 1. The molecular formula is C15H18FN5OS. The predicted octanol–water partition coefficient (Wildman–Crippen LogP) is 2.28. The summed E-state index contributed by atoms with van der Waals surface area (Å²) in [5.41, 5.74) is 3.70. The summed E-state index contributed by atoms with van der Waals surface area (Å²) in [5, 5.41) is 4.81. The topological polar surface area (TPSA) is 60.3 Å². The highest BCUT2D eigenvalue weighted by atomic mass is 32.2. The lowest BCUT2D eigenvalue weighted by Gasteiger charge is -2.18. The Labute approximate surface area is 138 Å². The molecule has 2 unspecified atom stereocenters. The Morgan fingerprint density at radius 1 is 1.30 bits per heavy atom. The van der Waals surface area contributed by atoms with Crippen molar-refractivity contribution in [2.75, 3.05) is 13.1 Å². The fourth-order valence-corrected chi connectivity index (χ4v) is 3.83. The number of amidine groups is 1. The monoisotopic (exact) mass is 335 g/mol. The van der Waals surface area contributed by atoms with Crippen molar-refractivity contribution in [3.63, 3.8) is 0 Å². The minimum Gasteiger partial charge on any atom is -0.308 e. The first-order valence-electron chi connectivity index (χ1n) is 7.50. The van der Waals surface area contributed by atoms with Crippen LogP contribution in [0.3, 0.4) is 0 Å². The van der Waals surface area contributed by atoms with Gasteiger partial charge in [0, 0.05) is 13.1 Å². The van der Waals surface area contributed by atoms with Crippen LogP contribution in [0.5, 0.6) is 0 Å². The molecule has 2 heterocycles. The van der Waals surface area contributed by atoms with Gasteiger partial charge in [-0.1, -0.05) is 23.9 Å². The Morgan fingerprint density at radius 3 is 2.65 bits per heavy atom. The quantitative estimate of drug-likeness (QED) is 0.678. The average Bonchev–Trinajstić information content (AvgIpc) is 3.04. The van der Waals surface area contributed by atoms with Crippen LogP contribution in [0, 0.1) is 5.82 Å². The number of thioether (sulfide) groups is 1. The molecule has 8 heteroatoms. The molecule has 0 aliphatic carbocycles. The van der Waals surface area contributed by atoms with Gasteiger partial charge >= 0.3 is 6.03 Å². The van der Waals surface area contributed by atoms with Gasteiger partial charge in [-0.2, -0.15) is 5.10 Å². The second-order valence-corrected chi connectivity index (χ2v) is 6.24. The lowest BCUT2D eigenvalue weighted by atomic mass is 10.2. The molecule has 1 aromatic carbocycles. The van der Waals surface area contributed by atoms with Crippen molar-refractivity contribution in [3.05, 3.63) is 35.6 Å². The molecular weight excluding hydrogens is 317 g/mol. The number of likely N-dealkylation sites (N-methyl/N-ethyl adjacent to an activating group) is 2. The molecule has 1 saturated heterocycles. The van der Waals surface area contributed by atoms with E-state index in [9.17, 15) is 9.18 Å². The Balaban J connectivity index is 1.65. The van der Waals surface area contributed by atoms with Crippen molar-refractivity contribution in [3.8, 4) is 0 Å². The Kier molecular flexibility index (Phi) is 4.51. The second-order valence-electron chi connectivity index (χ2n) is 5.13. The third-order valence-corrected chi connectivity index (χ3v) is 4.94. The van der Waals surface area contributed by atoms with Gasteiger partial charge in [-0.15, -0.1) is 0 Å². The number of benzene rings is 1. The number of hydrogen-bond acceptors (Lipinski definition) is 5. The fraction of sp³-hybridized carbons (Fsp3) is 0.400. The van der Waals surface area contributed by atoms with Crippen molar-refractivity contribution in [1.82, 2.24) is 15.2 Å². The van der Waals surface area contributed by atoms with Crippen molar-refractivity contribution < 1.29 is 9.18 Å². The van der Waals surface area contributed by atoms with Crippen LogP contribution in [-0.2, 0) is 0 Å². The number of nitrogens with one attached hydrogen (secondary N) is 1. The van der Waals surface area contributed by atoms with Crippen LogP contribution in [0.25, 0.3) is 0 Å². The van der Waals surface area contributed by atoms with Crippen LogP contribution < -0.4 is 5.43 Å². The molecule has 122 valence electrons. The molecule has 0 bridgehead atoms. The molecule has 2 amide bonds. The largest absolute Gasteiger partial charge is 0.322 e. The summed E-state index contributed by atoms with van der Waals surface area (Å²) < 4.78 is 12.8. The molecule has 0 saturated carbocycles. The molecule has 2 atom stereocenters. The minimum absolute atomic E-state index is 0.00373. The molecule has 2 aliphatic heterocycles. The van der Waals surface area contributed by atoms with Gasteiger partial charge in [0.25, 0.3) is 0 Å². The van der Waals surface area contributed by atoms with Crippen LogP contribution >= 0.6 is 11.8 Å². The van der Waals surface area contributed by atoms with Crippen molar-refractivity contribution >= 4 is 29.2 Å². The molecule has 1 fully saturated rings. The highest BCUT2D eigenvalue weighted by molar-refractivity contribution is 8.14. The maximum absolute atomic E-state index is 12.8. The van der Waals surface area contributed by atoms with Crippen LogP contribution in [0.15, 0.2) is 34.4 Å². The normalized spacial score (nSPS) is 23.6. The standard InChI is InChI=1S/C15H18FN5OS/c1-3-20-12-13(21(4-2)15(20)22)23-14(18-12)19-17-9-10-5-7-11(16)8-6-10/h5-9,12-13H,3-4H2,1-2H3,(H,18,19)/b17-9+. The number of carbonyl (C=O) groups is 1. The lowest BCUT2D eigenvalue weighted by Crippen LogP contribution is -2.35. The van der Waals surface area contributed by atoms with E-state index < -0.39 is 0 Å². The van der Waals surface area contributed by atoms with E-state index in [0.717, 1.165) is 5.56 Å². The maximum atomic E-state index is 12.8. The summed E-state index contributed by atoms with van der Waals surface area (Å²) in [6, 6.07) is 6.11. The molecule has 1 aromatic rings. The molecule has 23 heavy (non-hydrogen) atoms. The Hall–Kier alpha value is -2.09. The highest BCUT2D eigenvalue weighted by Gasteiger charge is 2.48. The zero-order chi connectivity index (χ0) is 16.4. The molecule has 3 rings (SSSR count). The van der Waals surface area contributed by atoms with Gasteiger partial charge in [0.2, 0.25) is 0 Å². The third kappa shape index (κ3) is 3.03. The number of halogens is 1. The van der Waals surface area contributed by atoms with Gasteiger partial charge in [0.05, 0.1) is 6.21 Å². The zero-order valence-electron chi connectivity index (χ0n) is 12.9. The number of urea groups is 1. The van der Waals surface area contributed by atoms with E-state index in [1.54, 1.807) is 23.2 Å². The summed E-state index contributed by atoms with van der Waals surface area (Å²) in [7, 11) is 0. The molecule has 2 aliphatic rings.